The molecule has 2 N–H and O–H groups in total. The second kappa shape index (κ2) is 13.0. The van der Waals surface area contributed by atoms with Crippen LogP contribution in [0.3, 0.4) is 0 Å². The fraction of sp³-hybridized carbons (Fsp3) is 0.227. The number of anilines is 2. The van der Waals surface area contributed by atoms with Crippen LogP contribution in [-0.4, -0.2) is 30.4 Å². The smallest absolute Gasteiger partial charge is 0.744 e. The van der Waals surface area contributed by atoms with Gasteiger partial charge in [-0.1, -0.05) is 37.1 Å². The summed E-state index contributed by atoms with van der Waals surface area (Å²) >= 11 is 0. The van der Waals surface area contributed by atoms with E-state index < -0.39 is 26.7 Å². The molecule has 0 saturated heterocycles. The van der Waals surface area contributed by atoms with Crippen molar-refractivity contribution in [2.75, 3.05) is 10.7 Å². The van der Waals surface area contributed by atoms with E-state index in [-0.39, 0.29) is 81.6 Å². The minimum Gasteiger partial charge on any atom is -0.744 e. The summed E-state index contributed by atoms with van der Waals surface area (Å²) in [7, 11) is -4.78. The van der Waals surface area contributed by atoms with E-state index in [2.05, 4.69) is 28.8 Å². The number of nitrogens with zero attached hydrogens (tertiary/aromatic N) is 1. The van der Waals surface area contributed by atoms with Gasteiger partial charge in [0.05, 0.1) is 5.69 Å². The zero-order chi connectivity index (χ0) is 22.6. The first-order chi connectivity index (χ1) is 14.7. The van der Waals surface area contributed by atoms with E-state index >= 15 is 0 Å². The second-order valence-corrected chi connectivity index (χ2v) is 8.44. The van der Waals surface area contributed by atoms with Crippen molar-refractivity contribution >= 4 is 45.0 Å². The third-order valence-electron chi connectivity index (χ3n) is 4.62. The van der Waals surface area contributed by atoms with Crippen LogP contribution in [0.1, 0.15) is 48.2 Å². The van der Waals surface area contributed by atoms with Crippen LogP contribution in [-0.2, 0) is 21.3 Å². The number of nitrogens with one attached hydrogen (secondary N) is 2. The van der Waals surface area contributed by atoms with Crippen LogP contribution in [0.2, 0.25) is 0 Å². The quantitative estimate of drug-likeness (QED) is 0.191. The van der Waals surface area contributed by atoms with Crippen LogP contribution < -0.4 is 69.9 Å². The number of amides is 1. The van der Waals surface area contributed by atoms with Gasteiger partial charge in [0.25, 0.3) is 0 Å². The summed E-state index contributed by atoms with van der Waals surface area (Å²) in [4.78, 5) is 23.9. The number of aryl methyl sites for hydroxylation is 1. The number of fused-ring (bicyclic) bond motifs is 1. The first-order valence-corrected chi connectivity index (χ1v) is 11.1. The predicted octanol–water partition coefficient (Wildman–Crippen LogP) is -2.62. The first-order valence-electron chi connectivity index (χ1n) is 9.67. The fourth-order valence-corrected chi connectivity index (χ4v) is 3.63. The van der Waals surface area contributed by atoms with E-state index in [0.717, 1.165) is 31.4 Å². The minimum absolute atomic E-state index is 0. The zero-order valence-corrected chi connectivity index (χ0v) is 23.9. The van der Waals surface area contributed by atoms with Gasteiger partial charge >= 0.3 is 59.1 Å². The maximum absolute atomic E-state index is 12.9. The summed E-state index contributed by atoms with van der Waals surface area (Å²) < 4.78 is 34.3. The van der Waals surface area contributed by atoms with Crippen molar-refractivity contribution in [3.05, 3.63) is 59.2 Å². The van der Waals surface area contributed by atoms with Crippen molar-refractivity contribution in [2.24, 2.45) is 5.10 Å². The number of hydrogen-bond donors (Lipinski definition) is 2. The van der Waals surface area contributed by atoms with Crippen molar-refractivity contribution in [3.63, 3.8) is 0 Å². The van der Waals surface area contributed by atoms with Crippen LogP contribution in [0.25, 0.3) is 6.08 Å². The minimum atomic E-state index is -4.78. The molecule has 0 fully saturated rings. The van der Waals surface area contributed by atoms with Crippen molar-refractivity contribution < 1.29 is 81.7 Å². The standard InChI is InChI=1S/C22H22N3O5S.2Na/c1-3-4-5-15-6-9-17(10-7-15)24-25-19-11-8-16-12-18(31(28,29)30)13-20(23-14(2)26)21(16)22(19)27;;/h6-10,12-13,24H,3-5H2,1-2H3,(H,23,26)(H,28,29,30);;/q-1;2*+1/p-1/b25-19+;;. The topological polar surface area (TPSA) is 128 Å². The first kappa shape index (κ1) is 29.7. The Bertz CT molecular complexity index is 1190. The Morgan fingerprint density at radius 1 is 1.15 bits per heavy atom. The molecule has 0 bridgehead atoms. The molecule has 0 atom stereocenters. The molecule has 2 aromatic carbocycles. The van der Waals surface area contributed by atoms with Crippen molar-refractivity contribution in [2.45, 2.75) is 38.0 Å². The number of benzene rings is 2. The zero-order valence-electron chi connectivity index (χ0n) is 19.1. The molecule has 2 aromatic rings. The molecular formula is C22H21N3Na2O5S. The van der Waals surface area contributed by atoms with Crippen LogP contribution in [0.4, 0.5) is 11.4 Å². The fourth-order valence-electron chi connectivity index (χ4n) is 3.10. The maximum atomic E-state index is 12.9. The number of allylic oxidation sites excluding steroid dienone is 1. The number of hydrogen-bond acceptors (Lipinski definition) is 7. The van der Waals surface area contributed by atoms with Crippen LogP contribution in [0.5, 0.6) is 0 Å². The number of carbonyl (C=O) groups excluding carboxylic acids is 2. The molecule has 3 rings (SSSR count). The van der Waals surface area contributed by atoms with E-state index in [9.17, 15) is 22.6 Å². The van der Waals surface area contributed by atoms with Gasteiger partial charge in [-0.15, -0.1) is 5.56 Å². The van der Waals surface area contributed by atoms with E-state index in [1.807, 2.05) is 24.3 Å². The largest absolute Gasteiger partial charge is 1.00 e. The summed E-state index contributed by atoms with van der Waals surface area (Å²) in [5, 5.41) is 6.51. The molecule has 11 heteroatoms. The van der Waals surface area contributed by atoms with Gasteiger partial charge in [-0.2, -0.15) is 17.3 Å². The van der Waals surface area contributed by atoms with Crippen molar-refractivity contribution in [1.82, 2.24) is 0 Å². The van der Waals surface area contributed by atoms with Gasteiger partial charge in [0, 0.05) is 23.2 Å². The molecule has 1 amide bonds. The molecule has 0 spiro atoms. The molecule has 0 unspecified atom stereocenters. The summed E-state index contributed by atoms with van der Waals surface area (Å²) in [6.07, 6.45) is 7.26. The Morgan fingerprint density at radius 3 is 2.39 bits per heavy atom. The average Bonchev–Trinajstić information content (AvgIpc) is 2.71. The third kappa shape index (κ3) is 7.87. The summed E-state index contributed by atoms with van der Waals surface area (Å²) in [5.41, 5.74) is 4.77. The molecule has 33 heavy (non-hydrogen) atoms. The molecule has 162 valence electrons. The van der Waals surface area contributed by atoms with Gasteiger partial charge in [0.2, 0.25) is 5.91 Å². The number of hydrazone groups is 1. The number of ketones is 1. The average molecular weight is 485 g/mol. The molecule has 0 heterocycles. The van der Waals surface area contributed by atoms with E-state index in [4.69, 9.17) is 0 Å². The molecule has 8 nitrogen and oxygen atoms in total. The second-order valence-electron chi connectivity index (χ2n) is 7.06. The number of Topliss-reactive ketones (excluding diaryl/α,β-unsaturated/α-hetero) is 1. The number of carbonyl (C=O) groups is 2. The monoisotopic (exact) mass is 485 g/mol. The van der Waals surface area contributed by atoms with Gasteiger partial charge in [0.1, 0.15) is 15.9 Å². The van der Waals surface area contributed by atoms with Gasteiger partial charge < -0.3 is 14.7 Å². The predicted molar refractivity (Wildman–Crippen MR) is 117 cm³/mol. The summed E-state index contributed by atoms with van der Waals surface area (Å²) in [6, 6.07) is 9.72. The molecular weight excluding hydrogens is 464 g/mol. The Morgan fingerprint density at radius 2 is 1.82 bits per heavy atom. The molecule has 1 aliphatic carbocycles. The molecule has 0 aliphatic heterocycles. The van der Waals surface area contributed by atoms with Gasteiger partial charge in [0.15, 0.2) is 0 Å². The van der Waals surface area contributed by atoms with Gasteiger partial charge in [-0.05, 0) is 36.6 Å². The molecule has 0 saturated carbocycles. The van der Waals surface area contributed by atoms with Gasteiger partial charge in [-0.3, -0.25) is 10.2 Å². The molecule has 1 aliphatic rings. The van der Waals surface area contributed by atoms with Gasteiger partial charge in [-0.25, -0.2) is 8.42 Å². The van der Waals surface area contributed by atoms with Crippen LogP contribution >= 0.6 is 0 Å². The van der Waals surface area contributed by atoms with Crippen LogP contribution in [0, 0.1) is 6.08 Å². The Labute approximate surface area is 237 Å². The van der Waals surface area contributed by atoms with E-state index in [1.54, 1.807) is 0 Å². The van der Waals surface area contributed by atoms with Crippen LogP contribution in [0.15, 0.2) is 46.4 Å². The third-order valence-corrected chi connectivity index (χ3v) is 5.43. The van der Waals surface area contributed by atoms with E-state index in [0.29, 0.717) is 5.69 Å². The number of unbranched alkanes of at least 4 members (excludes halogenated alkanes) is 1. The Balaban J connectivity index is 0.00000272. The maximum Gasteiger partial charge on any atom is 1.00 e. The molecule has 0 aromatic heterocycles. The van der Waals surface area contributed by atoms with Crippen molar-refractivity contribution in [1.29, 1.82) is 0 Å². The summed E-state index contributed by atoms with van der Waals surface area (Å²) in [5.74, 6) is -1.09. The normalized spacial score (nSPS) is 13.5. The Kier molecular flexibility index (Phi) is 11.7. The number of rotatable bonds is 7. The molecule has 0 radical (unpaired) electrons. The summed E-state index contributed by atoms with van der Waals surface area (Å²) in [6.45, 7) is 3.34. The van der Waals surface area contributed by atoms with E-state index in [1.165, 1.54) is 18.6 Å². The van der Waals surface area contributed by atoms with Crippen molar-refractivity contribution in [3.8, 4) is 0 Å². The SMILES string of the molecule is CCCCc1ccc(N/N=C2\[C-]=Cc3cc(S(=O)(=O)[O-])cc(NC(C)=O)c3C2=O)cc1.[Na+].[Na+]. The Hall–Kier alpha value is -1.30.